The Balaban J connectivity index is 0.000000204. The van der Waals surface area contributed by atoms with Gasteiger partial charge in [-0.2, -0.15) is 9.97 Å². The van der Waals surface area contributed by atoms with E-state index in [1.54, 1.807) is 36.4 Å². The van der Waals surface area contributed by atoms with Crippen LogP contribution in [-0.2, 0) is 13.1 Å². The van der Waals surface area contributed by atoms with Crippen molar-refractivity contribution in [2.24, 2.45) is 0 Å². The van der Waals surface area contributed by atoms with Gasteiger partial charge in [0.25, 0.3) is 5.91 Å². The number of amides is 5. The molecular formula is C47H47F4N13O5. The summed E-state index contributed by atoms with van der Waals surface area (Å²) in [5, 5.41) is 23.4. The molecule has 6 aromatic rings. The van der Waals surface area contributed by atoms with Gasteiger partial charge in [-0.05, 0) is 76.7 Å². The Labute approximate surface area is 393 Å². The molecule has 2 aliphatic heterocycles. The van der Waals surface area contributed by atoms with Crippen molar-refractivity contribution in [1.82, 2.24) is 45.7 Å². The summed E-state index contributed by atoms with van der Waals surface area (Å²) in [5.74, 6) is -4.69. The van der Waals surface area contributed by atoms with Gasteiger partial charge in [0.1, 0.15) is 34.6 Å². The van der Waals surface area contributed by atoms with E-state index in [2.05, 4.69) is 46.5 Å². The molecule has 5 amide bonds. The number of carbonyl (C=O) groups excluding carboxylic acids is 3. The molecular weight excluding hydrogens is 903 g/mol. The van der Waals surface area contributed by atoms with Crippen LogP contribution in [0.5, 0.6) is 0 Å². The third-order valence-corrected chi connectivity index (χ3v) is 10.6. The zero-order valence-electron chi connectivity index (χ0n) is 38.0. The van der Waals surface area contributed by atoms with E-state index in [9.17, 15) is 41.8 Å². The molecule has 0 unspecified atom stereocenters. The summed E-state index contributed by atoms with van der Waals surface area (Å²) in [5.41, 5.74) is 2.02. The third-order valence-electron chi connectivity index (χ3n) is 10.6. The number of halogens is 4. The van der Waals surface area contributed by atoms with E-state index in [1.807, 2.05) is 38.0 Å². The van der Waals surface area contributed by atoms with Crippen molar-refractivity contribution in [1.29, 1.82) is 0 Å². The number of benzene rings is 4. The summed E-state index contributed by atoms with van der Waals surface area (Å²) < 4.78 is 58.8. The highest BCUT2D eigenvalue weighted by atomic mass is 19.1. The lowest BCUT2D eigenvalue weighted by molar-refractivity contribution is 0.0696. The second kappa shape index (κ2) is 21.2. The molecule has 0 saturated carbocycles. The lowest BCUT2D eigenvalue weighted by Crippen LogP contribution is -2.43. The van der Waals surface area contributed by atoms with E-state index < -0.39 is 52.7 Å². The quantitative estimate of drug-likeness (QED) is 0.0639. The first-order valence-corrected chi connectivity index (χ1v) is 21.3. The molecule has 0 saturated heterocycles. The summed E-state index contributed by atoms with van der Waals surface area (Å²) in [6, 6.07) is 18.1. The van der Waals surface area contributed by atoms with Crippen LogP contribution in [0.1, 0.15) is 31.8 Å². The van der Waals surface area contributed by atoms with Gasteiger partial charge in [0, 0.05) is 61.0 Å². The number of anilines is 6. The van der Waals surface area contributed by atoms with Crippen molar-refractivity contribution in [3.63, 3.8) is 0 Å². The topological polar surface area (TPSA) is 213 Å². The number of rotatable bonds is 14. The predicted molar refractivity (Wildman–Crippen MR) is 251 cm³/mol. The first kappa shape index (κ1) is 48.7. The number of aromatic carboxylic acids is 1. The van der Waals surface area contributed by atoms with Gasteiger partial charge in [-0.15, -0.1) is 0 Å². The van der Waals surface area contributed by atoms with Gasteiger partial charge in [-0.1, -0.05) is 36.4 Å². The standard InChI is InChI=1S/C24H25F2N7O2.C23H22F2N6O3/c1-27-22(34)15-7-4-6-14(12-15)19-16-13-29-24(35)33(20-17(25)8-5-9-18(20)26)21(16)31-23(30-19)28-10-11-32(2)3;1-30(2)10-9-26-22-28-18(13-5-3-6-14(11-13)21(32)33)15-12-27-23(34)31(20(15)29-22)19-16(24)7-4-8-17(19)25/h4-9,12H,10-11,13H2,1-3H3,(H,27,34)(H,29,35)(H,28,30,31);3-8,11H,9-10,12H2,1-2H3,(H,27,34)(H,32,33)(H,26,28,29). The van der Waals surface area contributed by atoms with Crippen LogP contribution in [0.25, 0.3) is 22.5 Å². The van der Waals surface area contributed by atoms with Crippen LogP contribution in [0.3, 0.4) is 0 Å². The number of fused-ring (bicyclic) bond motifs is 2. The van der Waals surface area contributed by atoms with Gasteiger partial charge in [0.2, 0.25) is 11.9 Å². The summed E-state index contributed by atoms with van der Waals surface area (Å²) in [4.78, 5) is 73.1. The SMILES string of the molecule is CN(C)CCNc1nc(-c2cccc(C(=O)O)c2)c2c(n1)N(c1c(F)cccc1F)C(=O)NC2.CNC(=O)c1cccc(-c2nc(NCCN(C)C)nc3c2CNC(=O)N3c2c(F)cccc2F)c1. The molecule has 69 heavy (non-hydrogen) atoms. The summed E-state index contributed by atoms with van der Waals surface area (Å²) >= 11 is 0. The highest BCUT2D eigenvalue weighted by Crippen LogP contribution is 2.40. The number of urea groups is 2. The maximum Gasteiger partial charge on any atom is 0.335 e. The molecule has 22 heteroatoms. The number of aromatic nitrogens is 4. The van der Waals surface area contributed by atoms with Crippen LogP contribution in [0.4, 0.5) is 62.1 Å². The number of hydrogen-bond acceptors (Lipinski definition) is 12. The van der Waals surface area contributed by atoms with Crippen LogP contribution in [0.15, 0.2) is 84.9 Å². The lowest BCUT2D eigenvalue weighted by Gasteiger charge is -2.30. The van der Waals surface area contributed by atoms with Gasteiger partial charge >= 0.3 is 18.0 Å². The Hall–Kier alpha value is -8.24. The third kappa shape index (κ3) is 10.8. The monoisotopic (exact) mass is 949 g/mol. The zero-order chi connectivity index (χ0) is 49.5. The molecule has 2 aliphatic rings. The molecule has 18 nitrogen and oxygen atoms in total. The van der Waals surface area contributed by atoms with Crippen LogP contribution in [0, 0.1) is 23.3 Å². The number of para-hydroxylation sites is 2. The second-order valence-corrected chi connectivity index (χ2v) is 16.0. The fourth-order valence-electron chi connectivity index (χ4n) is 7.31. The number of likely N-dealkylation sites (N-methyl/N-ethyl adjacent to an activating group) is 2. The Morgan fingerprint density at radius 1 is 0.623 bits per heavy atom. The van der Waals surface area contributed by atoms with E-state index in [4.69, 9.17) is 0 Å². The molecule has 0 aliphatic carbocycles. The summed E-state index contributed by atoms with van der Waals surface area (Å²) in [6.45, 7) is 2.30. The zero-order valence-corrected chi connectivity index (χ0v) is 38.0. The van der Waals surface area contributed by atoms with Gasteiger partial charge in [0.05, 0.1) is 30.0 Å². The Morgan fingerprint density at radius 3 is 1.41 bits per heavy atom. The molecule has 0 spiro atoms. The van der Waals surface area contributed by atoms with Crippen molar-refractivity contribution in [2.75, 3.05) is 81.9 Å². The minimum absolute atomic E-state index is 0.00540. The fraction of sp³-hybridized carbons (Fsp3) is 0.234. The first-order valence-electron chi connectivity index (χ1n) is 21.3. The summed E-state index contributed by atoms with van der Waals surface area (Å²) in [7, 11) is 9.15. The van der Waals surface area contributed by atoms with Crippen LogP contribution in [0.2, 0.25) is 0 Å². The van der Waals surface area contributed by atoms with Gasteiger partial charge in [-0.3, -0.25) is 4.79 Å². The Bertz CT molecular complexity index is 2900. The molecule has 358 valence electrons. The van der Waals surface area contributed by atoms with E-state index in [-0.39, 0.29) is 48.1 Å². The van der Waals surface area contributed by atoms with Crippen molar-refractivity contribution in [3.05, 3.63) is 130 Å². The fourth-order valence-corrected chi connectivity index (χ4v) is 7.31. The highest BCUT2D eigenvalue weighted by molar-refractivity contribution is 6.03. The minimum Gasteiger partial charge on any atom is -0.478 e. The summed E-state index contributed by atoms with van der Waals surface area (Å²) in [6.07, 6.45) is 0. The molecule has 4 aromatic carbocycles. The maximum atomic E-state index is 14.7. The van der Waals surface area contributed by atoms with Crippen LogP contribution >= 0.6 is 0 Å². The number of carboxylic acid groups (broad SMARTS) is 1. The average molecular weight is 950 g/mol. The van der Waals surface area contributed by atoms with E-state index >= 15 is 0 Å². The van der Waals surface area contributed by atoms with Crippen molar-refractivity contribution in [2.45, 2.75) is 13.1 Å². The van der Waals surface area contributed by atoms with Gasteiger partial charge in [0.15, 0.2) is 11.6 Å². The van der Waals surface area contributed by atoms with Crippen LogP contribution in [-0.4, -0.2) is 120 Å². The predicted octanol–water partition coefficient (Wildman–Crippen LogP) is 6.57. The Morgan fingerprint density at radius 2 is 1.01 bits per heavy atom. The number of nitrogens with one attached hydrogen (secondary N) is 5. The minimum atomic E-state index is -1.11. The van der Waals surface area contributed by atoms with E-state index in [0.29, 0.717) is 65.4 Å². The highest BCUT2D eigenvalue weighted by Gasteiger charge is 2.36. The van der Waals surface area contributed by atoms with Crippen molar-refractivity contribution in [3.8, 4) is 22.5 Å². The second-order valence-electron chi connectivity index (χ2n) is 16.0. The van der Waals surface area contributed by atoms with Crippen molar-refractivity contribution >= 4 is 58.8 Å². The van der Waals surface area contributed by atoms with Crippen molar-refractivity contribution < 1.29 is 41.8 Å². The smallest absolute Gasteiger partial charge is 0.335 e. The number of carboxylic acids is 1. The van der Waals surface area contributed by atoms with Gasteiger partial charge in [-0.25, -0.2) is 51.7 Å². The van der Waals surface area contributed by atoms with E-state index in [0.717, 1.165) is 34.1 Å². The molecule has 4 heterocycles. The maximum absolute atomic E-state index is 14.7. The van der Waals surface area contributed by atoms with Gasteiger partial charge < -0.3 is 41.5 Å². The molecule has 2 aromatic heterocycles. The molecule has 0 atom stereocenters. The molecule has 0 bridgehead atoms. The normalized spacial score (nSPS) is 12.9. The number of hydrogen-bond donors (Lipinski definition) is 6. The molecule has 6 N–H and O–H groups in total. The molecule has 0 fully saturated rings. The first-order chi connectivity index (χ1) is 33.1. The average Bonchev–Trinajstić information content (AvgIpc) is 3.32. The number of carbonyl (C=O) groups is 4. The Kier molecular flexibility index (Phi) is 14.9. The van der Waals surface area contributed by atoms with Crippen LogP contribution < -0.4 is 36.4 Å². The molecule has 8 rings (SSSR count). The largest absolute Gasteiger partial charge is 0.478 e. The van der Waals surface area contributed by atoms with E-state index in [1.165, 1.54) is 31.3 Å². The molecule has 0 radical (unpaired) electrons. The lowest BCUT2D eigenvalue weighted by atomic mass is 10.0. The number of nitrogens with zero attached hydrogens (tertiary/aromatic N) is 8.